The van der Waals surface area contributed by atoms with Crippen LogP contribution in [0.1, 0.15) is 27.2 Å². The molecule has 200 valence electrons. The van der Waals surface area contributed by atoms with Gasteiger partial charge in [0, 0.05) is 36.7 Å². The van der Waals surface area contributed by atoms with Gasteiger partial charge in [-0.1, -0.05) is 30.3 Å². The fourth-order valence-electron chi connectivity index (χ4n) is 5.29. The number of piperazine rings is 1. The maximum absolute atomic E-state index is 13.0. The molecule has 2 aromatic heterocycles. The van der Waals surface area contributed by atoms with Gasteiger partial charge in [-0.25, -0.2) is 9.97 Å². The lowest BCUT2D eigenvalue weighted by Gasteiger charge is -2.45. The normalized spacial score (nSPS) is 15.8. The summed E-state index contributed by atoms with van der Waals surface area (Å²) in [6.45, 7) is 3.14. The average molecular weight is 525 g/mol. The van der Waals surface area contributed by atoms with Gasteiger partial charge in [-0.15, -0.1) is 0 Å². The molecule has 2 N–H and O–H groups in total. The Bertz CT molecular complexity index is 1490. The standard InChI is InChI=1S/C29H32N8O2/c1-35-27-24(26(34-35)28(38)30-18-20-6-4-3-5-7-20)13-8-21-19-31-29(33-25(21)27)32-22-9-11-23(12-10-22)36-14-16-37(2,39)17-15-36/h3-7,9-12,19H,8,13-18H2,1-2H3,(H,30,38)(H,31,32,33). The number of anilines is 3. The third kappa shape index (κ3) is 5.21. The summed E-state index contributed by atoms with van der Waals surface area (Å²) in [5.74, 6) is 0.308. The molecule has 10 nitrogen and oxygen atoms in total. The average Bonchev–Trinajstić information content (AvgIpc) is 3.29. The summed E-state index contributed by atoms with van der Waals surface area (Å²) in [6.07, 6.45) is 3.32. The molecular formula is C29H32N8O2. The van der Waals surface area contributed by atoms with Gasteiger partial charge in [0.25, 0.3) is 5.91 Å². The van der Waals surface area contributed by atoms with E-state index in [2.05, 4.69) is 37.7 Å². The molecule has 4 aromatic rings. The second kappa shape index (κ2) is 10.1. The first-order valence-electron chi connectivity index (χ1n) is 13.3. The number of hydrogen-bond acceptors (Lipinski definition) is 7. The number of quaternary nitrogens is 1. The van der Waals surface area contributed by atoms with Crippen molar-refractivity contribution in [2.45, 2.75) is 19.4 Å². The van der Waals surface area contributed by atoms with Gasteiger partial charge in [0.15, 0.2) is 5.69 Å². The molecule has 1 saturated heterocycles. The maximum atomic E-state index is 13.0. The smallest absolute Gasteiger partial charge is 0.272 e. The molecule has 2 aliphatic rings. The van der Waals surface area contributed by atoms with Crippen LogP contribution in [0.25, 0.3) is 11.4 Å². The number of fused-ring (bicyclic) bond motifs is 3. The summed E-state index contributed by atoms with van der Waals surface area (Å²) in [6, 6.07) is 18.0. The Balaban J connectivity index is 1.18. The van der Waals surface area contributed by atoms with Crippen molar-refractivity contribution in [2.75, 3.05) is 43.4 Å². The zero-order chi connectivity index (χ0) is 27.0. The summed E-state index contributed by atoms with van der Waals surface area (Å²) >= 11 is 0. The largest absolute Gasteiger partial charge is 0.633 e. The Labute approximate surface area is 227 Å². The molecule has 1 aliphatic heterocycles. The van der Waals surface area contributed by atoms with Crippen molar-refractivity contribution in [3.05, 3.63) is 88.4 Å². The Morgan fingerprint density at radius 1 is 1.05 bits per heavy atom. The third-order valence-corrected chi connectivity index (χ3v) is 7.56. The minimum absolute atomic E-state index is 0.177. The quantitative estimate of drug-likeness (QED) is 0.294. The van der Waals surface area contributed by atoms with Crippen molar-refractivity contribution in [1.82, 2.24) is 25.1 Å². The van der Waals surface area contributed by atoms with Crippen LogP contribution < -0.4 is 15.5 Å². The minimum atomic E-state index is -0.181. The number of benzene rings is 2. The number of hydroxylamine groups is 3. The Kier molecular flexibility index (Phi) is 6.49. The van der Waals surface area contributed by atoms with Crippen LogP contribution in [-0.4, -0.2) is 63.5 Å². The van der Waals surface area contributed by atoms with Crippen LogP contribution in [0.4, 0.5) is 17.3 Å². The summed E-state index contributed by atoms with van der Waals surface area (Å²) in [5.41, 5.74) is 7.08. The number of carbonyl (C=O) groups excluding carboxylic acids is 1. The van der Waals surface area contributed by atoms with Crippen LogP contribution in [0.15, 0.2) is 60.8 Å². The van der Waals surface area contributed by atoms with E-state index in [0.29, 0.717) is 37.7 Å². The van der Waals surface area contributed by atoms with Crippen LogP contribution in [0.3, 0.4) is 0 Å². The highest BCUT2D eigenvalue weighted by Crippen LogP contribution is 2.34. The van der Waals surface area contributed by atoms with Gasteiger partial charge in [0.2, 0.25) is 5.95 Å². The van der Waals surface area contributed by atoms with Gasteiger partial charge in [-0.3, -0.25) is 9.48 Å². The lowest BCUT2D eigenvalue weighted by molar-refractivity contribution is -0.861. The first-order chi connectivity index (χ1) is 18.9. The number of rotatable bonds is 6. The number of likely N-dealkylation sites (N-methyl/N-ethyl adjacent to an activating group) is 1. The van der Waals surface area contributed by atoms with Crippen molar-refractivity contribution in [2.24, 2.45) is 7.05 Å². The lowest BCUT2D eigenvalue weighted by Crippen LogP contribution is -2.53. The Morgan fingerprint density at radius 2 is 1.79 bits per heavy atom. The van der Waals surface area contributed by atoms with Crippen molar-refractivity contribution in [3.63, 3.8) is 0 Å². The van der Waals surface area contributed by atoms with Gasteiger partial charge >= 0.3 is 0 Å². The molecule has 0 bridgehead atoms. The first kappa shape index (κ1) is 25.0. The molecule has 0 atom stereocenters. The second-order valence-electron chi connectivity index (χ2n) is 10.4. The van der Waals surface area contributed by atoms with Crippen LogP contribution in [0.2, 0.25) is 0 Å². The molecule has 10 heteroatoms. The highest BCUT2D eigenvalue weighted by atomic mass is 16.5. The zero-order valence-electron chi connectivity index (χ0n) is 22.2. The highest BCUT2D eigenvalue weighted by Gasteiger charge is 2.29. The fourth-order valence-corrected chi connectivity index (χ4v) is 5.29. The van der Waals surface area contributed by atoms with Crippen LogP contribution >= 0.6 is 0 Å². The molecule has 2 aromatic carbocycles. The summed E-state index contributed by atoms with van der Waals surface area (Å²) < 4.78 is 1.57. The first-order valence-corrected chi connectivity index (χ1v) is 13.3. The molecule has 0 radical (unpaired) electrons. The zero-order valence-corrected chi connectivity index (χ0v) is 22.2. The highest BCUT2D eigenvalue weighted by molar-refractivity contribution is 5.96. The Hall–Kier alpha value is -4.28. The van der Waals surface area contributed by atoms with Crippen molar-refractivity contribution < 1.29 is 9.44 Å². The molecule has 1 aliphatic carbocycles. The number of nitrogens with zero attached hydrogens (tertiary/aromatic N) is 6. The van der Waals surface area contributed by atoms with E-state index in [9.17, 15) is 10.0 Å². The monoisotopic (exact) mass is 524 g/mol. The van der Waals surface area contributed by atoms with Gasteiger partial charge < -0.3 is 25.4 Å². The number of carbonyl (C=O) groups is 1. The number of amides is 1. The fraction of sp³-hybridized carbons (Fsp3) is 0.310. The second-order valence-corrected chi connectivity index (χ2v) is 10.4. The Morgan fingerprint density at radius 3 is 2.54 bits per heavy atom. The molecular weight excluding hydrogens is 492 g/mol. The van der Waals surface area contributed by atoms with Crippen molar-refractivity contribution in [1.29, 1.82) is 0 Å². The summed E-state index contributed by atoms with van der Waals surface area (Å²) in [4.78, 5) is 24.7. The van der Waals surface area contributed by atoms with E-state index in [0.717, 1.165) is 59.0 Å². The van der Waals surface area contributed by atoms with Crippen LogP contribution in [-0.2, 0) is 26.4 Å². The van der Waals surface area contributed by atoms with Crippen molar-refractivity contribution in [3.8, 4) is 11.4 Å². The van der Waals surface area contributed by atoms with E-state index in [-0.39, 0.29) is 10.6 Å². The minimum Gasteiger partial charge on any atom is -0.633 e. The predicted molar refractivity (Wildman–Crippen MR) is 150 cm³/mol. The van der Waals surface area contributed by atoms with Gasteiger partial charge in [-0.05, 0) is 48.2 Å². The third-order valence-electron chi connectivity index (χ3n) is 7.56. The molecule has 1 amide bonds. The molecule has 39 heavy (non-hydrogen) atoms. The molecule has 3 heterocycles. The molecule has 0 saturated carbocycles. The molecule has 6 rings (SSSR count). The van der Waals surface area contributed by atoms with E-state index in [1.807, 2.05) is 55.7 Å². The molecule has 1 fully saturated rings. The molecule has 0 spiro atoms. The topological polar surface area (TPSA) is 111 Å². The van der Waals surface area contributed by atoms with Gasteiger partial charge in [0.1, 0.15) is 0 Å². The molecule has 0 unspecified atom stereocenters. The number of nitrogens with one attached hydrogen (secondary N) is 2. The van der Waals surface area contributed by atoms with E-state index in [1.165, 1.54) is 0 Å². The van der Waals surface area contributed by atoms with Gasteiger partial charge in [0.05, 0.1) is 44.6 Å². The van der Waals surface area contributed by atoms with Crippen molar-refractivity contribution >= 4 is 23.2 Å². The summed E-state index contributed by atoms with van der Waals surface area (Å²) in [5, 5.41) is 23.0. The van der Waals surface area contributed by atoms with Crippen LogP contribution in [0, 0.1) is 5.21 Å². The maximum Gasteiger partial charge on any atom is 0.272 e. The summed E-state index contributed by atoms with van der Waals surface area (Å²) in [7, 11) is 3.59. The van der Waals surface area contributed by atoms with Crippen LogP contribution in [0.5, 0.6) is 0 Å². The van der Waals surface area contributed by atoms with E-state index in [1.54, 1.807) is 11.7 Å². The number of aromatic nitrogens is 4. The predicted octanol–water partition coefficient (Wildman–Crippen LogP) is 3.41. The van der Waals surface area contributed by atoms with E-state index >= 15 is 0 Å². The lowest BCUT2D eigenvalue weighted by atomic mass is 9.93. The van der Waals surface area contributed by atoms with E-state index < -0.39 is 0 Å². The number of aryl methyl sites for hydroxylation is 2. The SMILES string of the molecule is Cn1nc(C(=O)NCc2ccccc2)c2c1-c1nc(Nc3ccc(N4CC[N+](C)([O-])CC4)cc3)ncc1CC2. The van der Waals surface area contributed by atoms with Gasteiger partial charge in [-0.2, -0.15) is 5.10 Å². The number of hydrogen-bond donors (Lipinski definition) is 2. The van der Waals surface area contributed by atoms with E-state index in [4.69, 9.17) is 4.98 Å².